The lowest BCUT2D eigenvalue weighted by Gasteiger charge is -2.39. The standard InChI is InChI=1S/C15H28O4Si/c1-9-11(16)13(12-10-17-15(5,6)18-12)19-20(7,8)14(2,3)4/h9,12-13H,1,10H2,2-8H3/t12-,13+/m1/s1. The first kappa shape index (κ1) is 17.6. The zero-order valence-electron chi connectivity index (χ0n) is 13.8. The average molecular weight is 300 g/mol. The molecule has 116 valence electrons. The fourth-order valence-corrected chi connectivity index (χ4v) is 3.05. The molecule has 1 saturated heterocycles. The van der Waals surface area contributed by atoms with E-state index in [0.29, 0.717) is 6.61 Å². The molecule has 0 amide bonds. The highest BCUT2D eigenvalue weighted by molar-refractivity contribution is 6.74. The second-order valence-electron chi connectivity index (χ2n) is 7.27. The van der Waals surface area contributed by atoms with Gasteiger partial charge >= 0.3 is 0 Å². The first-order valence-corrected chi connectivity index (χ1v) is 9.96. The van der Waals surface area contributed by atoms with Crippen LogP contribution in [-0.4, -0.2) is 38.7 Å². The predicted octanol–water partition coefficient (Wildman–Crippen LogP) is 3.28. The third kappa shape index (κ3) is 4.01. The molecule has 0 N–H and O–H groups in total. The Morgan fingerprint density at radius 3 is 2.35 bits per heavy atom. The Morgan fingerprint density at radius 2 is 2.00 bits per heavy atom. The summed E-state index contributed by atoms with van der Waals surface area (Å²) in [4.78, 5) is 12.2. The van der Waals surface area contributed by atoms with Gasteiger partial charge in [-0.1, -0.05) is 27.4 Å². The molecule has 1 aliphatic heterocycles. The number of hydrogen-bond donors (Lipinski definition) is 0. The first-order chi connectivity index (χ1) is 8.89. The first-order valence-electron chi connectivity index (χ1n) is 7.05. The average Bonchev–Trinajstić information content (AvgIpc) is 2.64. The molecule has 0 aromatic carbocycles. The van der Waals surface area contributed by atoms with E-state index in [9.17, 15) is 4.79 Å². The van der Waals surface area contributed by atoms with Gasteiger partial charge in [0.15, 0.2) is 19.9 Å². The summed E-state index contributed by atoms with van der Waals surface area (Å²) in [5, 5.41) is 0.0294. The predicted molar refractivity (Wildman–Crippen MR) is 82.2 cm³/mol. The minimum atomic E-state index is -2.07. The van der Waals surface area contributed by atoms with E-state index in [0.717, 1.165) is 0 Å². The van der Waals surface area contributed by atoms with Gasteiger partial charge in [-0.2, -0.15) is 0 Å². The summed E-state index contributed by atoms with van der Waals surface area (Å²) in [6, 6.07) is 0. The highest BCUT2D eigenvalue weighted by Crippen LogP contribution is 2.38. The molecule has 0 spiro atoms. The molecule has 1 fully saturated rings. The van der Waals surface area contributed by atoms with Crippen molar-refractivity contribution >= 4 is 14.1 Å². The van der Waals surface area contributed by atoms with E-state index in [1.165, 1.54) is 6.08 Å². The third-order valence-electron chi connectivity index (χ3n) is 4.08. The van der Waals surface area contributed by atoms with Crippen molar-refractivity contribution in [3.8, 4) is 0 Å². The van der Waals surface area contributed by atoms with Gasteiger partial charge in [0.25, 0.3) is 0 Å². The molecule has 0 radical (unpaired) electrons. The minimum Gasteiger partial charge on any atom is -0.404 e. The third-order valence-corrected chi connectivity index (χ3v) is 8.53. The summed E-state index contributed by atoms with van der Waals surface area (Å²) in [5.41, 5.74) is 0. The molecule has 1 aliphatic rings. The second kappa shape index (κ2) is 5.71. The quantitative estimate of drug-likeness (QED) is 0.577. The number of carbonyl (C=O) groups is 1. The van der Waals surface area contributed by atoms with Crippen LogP contribution in [0.2, 0.25) is 18.1 Å². The summed E-state index contributed by atoms with van der Waals surface area (Å²) < 4.78 is 17.6. The van der Waals surface area contributed by atoms with E-state index in [1.54, 1.807) is 0 Å². The molecule has 0 aliphatic carbocycles. The van der Waals surface area contributed by atoms with Gasteiger partial charge in [0.1, 0.15) is 12.2 Å². The number of ether oxygens (including phenoxy) is 2. The van der Waals surface area contributed by atoms with Crippen LogP contribution < -0.4 is 0 Å². The van der Waals surface area contributed by atoms with Crippen LogP contribution in [0, 0.1) is 0 Å². The van der Waals surface area contributed by atoms with Gasteiger partial charge in [0, 0.05) is 0 Å². The normalized spacial score (nSPS) is 24.4. The van der Waals surface area contributed by atoms with Gasteiger partial charge in [0.05, 0.1) is 6.61 Å². The lowest BCUT2D eigenvalue weighted by atomic mass is 10.1. The second-order valence-corrected chi connectivity index (χ2v) is 12.0. The van der Waals surface area contributed by atoms with Crippen molar-refractivity contribution < 1.29 is 18.7 Å². The van der Waals surface area contributed by atoms with Gasteiger partial charge in [0.2, 0.25) is 0 Å². The van der Waals surface area contributed by atoms with Crippen LogP contribution in [0.25, 0.3) is 0 Å². The van der Waals surface area contributed by atoms with Crippen molar-refractivity contribution in [2.24, 2.45) is 0 Å². The van der Waals surface area contributed by atoms with Crippen molar-refractivity contribution in [3.63, 3.8) is 0 Å². The molecular formula is C15H28O4Si. The molecule has 0 bridgehead atoms. The van der Waals surface area contributed by atoms with E-state index in [2.05, 4.69) is 40.4 Å². The maximum Gasteiger partial charge on any atom is 0.193 e. The van der Waals surface area contributed by atoms with Gasteiger partial charge in [-0.3, -0.25) is 4.79 Å². The molecule has 2 atom stereocenters. The maximum atomic E-state index is 12.2. The summed E-state index contributed by atoms with van der Waals surface area (Å²) in [6.07, 6.45) is 0.312. The molecule has 0 aromatic rings. The Hall–Kier alpha value is -0.493. The van der Waals surface area contributed by atoms with Crippen LogP contribution in [0.3, 0.4) is 0 Å². The Balaban J connectivity index is 2.92. The van der Waals surface area contributed by atoms with E-state index < -0.39 is 20.2 Å². The molecule has 5 heteroatoms. The van der Waals surface area contributed by atoms with E-state index in [-0.39, 0.29) is 16.9 Å². The molecule has 0 unspecified atom stereocenters. The van der Waals surface area contributed by atoms with E-state index >= 15 is 0 Å². The lowest BCUT2D eigenvalue weighted by Crippen LogP contribution is -2.50. The molecule has 20 heavy (non-hydrogen) atoms. The number of rotatable bonds is 5. The monoisotopic (exact) mass is 300 g/mol. The van der Waals surface area contributed by atoms with E-state index in [4.69, 9.17) is 13.9 Å². The topological polar surface area (TPSA) is 44.8 Å². The highest BCUT2D eigenvalue weighted by atomic mass is 28.4. The molecular weight excluding hydrogens is 272 g/mol. The Bertz CT molecular complexity index is 382. The highest BCUT2D eigenvalue weighted by Gasteiger charge is 2.46. The van der Waals surface area contributed by atoms with Gasteiger partial charge in [-0.25, -0.2) is 0 Å². The van der Waals surface area contributed by atoms with Crippen LogP contribution in [0.15, 0.2) is 12.7 Å². The van der Waals surface area contributed by atoms with Crippen LogP contribution in [0.5, 0.6) is 0 Å². The number of ketones is 1. The van der Waals surface area contributed by atoms with Gasteiger partial charge < -0.3 is 13.9 Å². The Labute approximate surface area is 123 Å². The lowest BCUT2D eigenvalue weighted by molar-refractivity contribution is -0.154. The molecule has 4 nitrogen and oxygen atoms in total. The molecule has 1 heterocycles. The van der Waals surface area contributed by atoms with Crippen molar-refractivity contribution in [1.82, 2.24) is 0 Å². The fourth-order valence-electron chi connectivity index (χ4n) is 1.79. The smallest absolute Gasteiger partial charge is 0.193 e. The van der Waals surface area contributed by atoms with E-state index in [1.807, 2.05) is 13.8 Å². The molecule has 0 aromatic heterocycles. The number of carbonyl (C=O) groups excluding carboxylic acids is 1. The van der Waals surface area contributed by atoms with Crippen molar-refractivity contribution in [3.05, 3.63) is 12.7 Å². The molecule has 0 saturated carbocycles. The Morgan fingerprint density at radius 1 is 1.45 bits per heavy atom. The zero-order chi connectivity index (χ0) is 15.8. The largest absolute Gasteiger partial charge is 0.404 e. The summed E-state index contributed by atoms with van der Waals surface area (Å²) in [5.74, 6) is -0.803. The van der Waals surface area contributed by atoms with Crippen molar-refractivity contribution in [2.45, 2.75) is 70.7 Å². The van der Waals surface area contributed by atoms with Gasteiger partial charge in [-0.05, 0) is 38.1 Å². The van der Waals surface area contributed by atoms with Crippen molar-refractivity contribution in [1.29, 1.82) is 0 Å². The number of hydrogen-bond acceptors (Lipinski definition) is 4. The summed E-state index contributed by atoms with van der Waals surface area (Å²) >= 11 is 0. The van der Waals surface area contributed by atoms with Gasteiger partial charge in [-0.15, -0.1) is 0 Å². The summed E-state index contributed by atoms with van der Waals surface area (Å²) in [7, 11) is -2.07. The minimum absolute atomic E-state index is 0.0294. The summed E-state index contributed by atoms with van der Waals surface area (Å²) in [6.45, 7) is 18.3. The maximum absolute atomic E-state index is 12.2. The van der Waals surface area contributed by atoms with Crippen LogP contribution in [-0.2, 0) is 18.7 Å². The zero-order valence-corrected chi connectivity index (χ0v) is 14.8. The Kier molecular flexibility index (Phi) is 5.02. The molecule has 1 rings (SSSR count). The van der Waals surface area contributed by atoms with Crippen LogP contribution >= 0.6 is 0 Å². The van der Waals surface area contributed by atoms with Crippen molar-refractivity contribution in [2.75, 3.05) is 6.61 Å². The van der Waals surface area contributed by atoms with Crippen LogP contribution in [0.1, 0.15) is 34.6 Å². The fraction of sp³-hybridized carbons (Fsp3) is 0.800. The SMILES string of the molecule is C=CC(=O)[C@H](O[Si](C)(C)C(C)(C)C)[C@H]1COC(C)(C)O1. The van der Waals surface area contributed by atoms with Crippen LogP contribution in [0.4, 0.5) is 0 Å².